The van der Waals surface area contributed by atoms with Crippen molar-refractivity contribution in [1.29, 1.82) is 0 Å². The summed E-state index contributed by atoms with van der Waals surface area (Å²) in [5.41, 5.74) is 0. The van der Waals surface area contributed by atoms with Crippen molar-refractivity contribution in [2.24, 2.45) is 0 Å². The van der Waals surface area contributed by atoms with E-state index in [0.717, 1.165) is 13.8 Å². The summed E-state index contributed by atoms with van der Waals surface area (Å²) in [5, 5.41) is 96.9. The Bertz CT molecular complexity index is 852. The zero-order valence-electron chi connectivity index (χ0n) is 21.7. The smallest absolute Gasteiger partial charge is 0.217 e. The standard InChI is InChI=1S/C22H38N2O16/c1-6(28)23-11-15(32)13(30)8(3-25)37-21(11)39-18-10(5-27)38-22(17(34)16(18)33)40-19-12(24-7(2)29)20(35)36-9(4-26)14(19)31/h8-22,25-27,30-35H,3-5H2,1-2H3,(H,23,28)(H,24,29)/t8-,9-,10-,11-,12-,13-,14+,15-,16-,17-,18+,19-,20-,21-,22+/m1/s1. The summed E-state index contributed by atoms with van der Waals surface area (Å²) in [7, 11) is 0. The summed E-state index contributed by atoms with van der Waals surface area (Å²) in [5.74, 6) is -1.28. The van der Waals surface area contributed by atoms with Crippen LogP contribution in [0.25, 0.3) is 0 Å². The van der Waals surface area contributed by atoms with E-state index in [1.807, 2.05) is 0 Å². The summed E-state index contributed by atoms with van der Waals surface area (Å²) < 4.78 is 27.5. The molecule has 0 aromatic rings. The minimum absolute atomic E-state index is 0.641. The van der Waals surface area contributed by atoms with Crippen molar-refractivity contribution >= 4 is 11.8 Å². The van der Waals surface area contributed by atoms with Crippen LogP contribution >= 0.6 is 0 Å². The first-order valence-corrected chi connectivity index (χ1v) is 12.6. The molecule has 3 rings (SSSR count). The molecule has 0 aliphatic carbocycles. The number of ether oxygens (including phenoxy) is 5. The van der Waals surface area contributed by atoms with E-state index in [4.69, 9.17) is 23.7 Å². The van der Waals surface area contributed by atoms with E-state index in [-0.39, 0.29) is 0 Å². The number of hydrogen-bond acceptors (Lipinski definition) is 16. The van der Waals surface area contributed by atoms with Gasteiger partial charge in [-0.05, 0) is 0 Å². The third kappa shape index (κ3) is 7.05. The Kier molecular flexibility index (Phi) is 11.5. The van der Waals surface area contributed by atoms with Gasteiger partial charge in [-0.2, -0.15) is 0 Å². The van der Waals surface area contributed by atoms with E-state index in [0.29, 0.717) is 0 Å². The maximum absolute atomic E-state index is 11.7. The molecule has 40 heavy (non-hydrogen) atoms. The van der Waals surface area contributed by atoms with Crippen molar-refractivity contribution < 1.29 is 79.2 Å². The van der Waals surface area contributed by atoms with Gasteiger partial charge in [0, 0.05) is 13.8 Å². The normalized spacial score (nSPS) is 46.0. The van der Waals surface area contributed by atoms with E-state index >= 15 is 0 Å². The van der Waals surface area contributed by atoms with Crippen molar-refractivity contribution in [2.45, 2.75) is 106 Å². The predicted molar refractivity (Wildman–Crippen MR) is 124 cm³/mol. The molecule has 15 atom stereocenters. The van der Waals surface area contributed by atoms with Gasteiger partial charge in [0.05, 0.1) is 19.8 Å². The van der Waals surface area contributed by atoms with Gasteiger partial charge in [-0.1, -0.05) is 0 Å². The summed E-state index contributed by atoms with van der Waals surface area (Å²) in [6.45, 7) is -0.101. The molecule has 2 amide bonds. The highest BCUT2D eigenvalue weighted by Crippen LogP contribution is 2.32. The van der Waals surface area contributed by atoms with Crippen LogP contribution in [-0.2, 0) is 33.3 Å². The van der Waals surface area contributed by atoms with E-state index in [1.54, 1.807) is 0 Å². The van der Waals surface area contributed by atoms with Gasteiger partial charge < -0.3 is 80.3 Å². The third-order valence-corrected chi connectivity index (χ3v) is 6.90. The molecule has 3 fully saturated rings. The Labute approximate surface area is 228 Å². The van der Waals surface area contributed by atoms with Crippen LogP contribution in [0.15, 0.2) is 0 Å². The highest BCUT2D eigenvalue weighted by atomic mass is 16.7. The fourth-order valence-corrected chi connectivity index (χ4v) is 4.86. The lowest BCUT2D eigenvalue weighted by Gasteiger charge is -2.49. The number of nitrogens with one attached hydrogen (secondary N) is 2. The fraction of sp³-hybridized carbons (Fsp3) is 0.909. The Hall–Kier alpha value is -1.62. The first kappa shape index (κ1) is 32.9. The lowest BCUT2D eigenvalue weighted by atomic mass is 9.94. The Morgan fingerprint density at radius 3 is 1.65 bits per heavy atom. The average Bonchev–Trinajstić information content (AvgIpc) is 2.90. The predicted octanol–water partition coefficient (Wildman–Crippen LogP) is -7.29. The SMILES string of the molecule is CC(=O)N[C@@H]1[C@@H](O[C@@H]2O[C@H](CO)[C@H](O[C@H]3O[C@H](CO)[C@@H](O)[C@H](O)[C@H]3NC(C)=O)[C@H](O)[C@H]2O)[C@@H](O)[C@@H](CO)O[C@H]1O. The fourth-order valence-electron chi connectivity index (χ4n) is 4.86. The van der Waals surface area contributed by atoms with Crippen LogP contribution in [0, 0.1) is 0 Å². The zero-order valence-corrected chi connectivity index (χ0v) is 21.7. The van der Waals surface area contributed by atoms with E-state index in [1.165, 1.54) is 0 Å². The number of aliphatic hydroxyl groups is 9. The first-order chi connectivity index (χ1) is 18.8. The molecule has 0 saturated carbocycles. The van der Waals surface area contributed by atoms with E-state index in [9.17, 15) is 55.5 Å². The maximum Gasteiger partial charge on any atom is 0.217 e. The number of amides is 2. The van der Waals surface area contributed by atoms with Crippen molar-refractivity contribution in [3.63, 3.8) is 0 Å². The second kappa shape index (κ2) is 14.0. The second-order valence-electron chi connectivity index (χ2n) is 9.81. The summed E-state index contributed by atoms with van der Waals surface area (Å²) in [6.07, 6.45) is -21.2. The maximum atomic E-state index is 11.7. The molecule has 3 aliphatic rings. The monoisotopic (exact) mass is 586 g/mol. The van der Waals surface area contributed by atoms with Gasteiger partial charge in [-0.25, -0.2) is 0 Å². The molecule has 232 valence electrons. The van der Waals surface area contributed by atoms with Crippen LogP contribution in [-0.4, -0.2) is 170 Å². The molecule has 3 heterocycles. The van der Waals surface area contributed by atoms with E-state index < -0.39 is 124 Å². The molecule has 0 unspecified atom stereocenters. The number of hydrogen-bond donors (Lipinski definition) is 11. The Balaban J connectivity index is 1.81. The molecule has 18 heteroatoms. The van der Waals surface area contributed by atoms with Crippen molar-refractivity contribution in [3.8, 4) is 0 Å². The lowest BCUT2D eigenvalue weighted by molar-refractivity contribution is -0.364. The first-order valence-electron chi connectivity index (χ1n) is 12.6. The van der Waals surface area contributed by atoms with Gasteiger partial charge in [0.1, 0.15) is 73.1 Å². The zero-order chi connectivity index (χ0) is 29.9. The molecule has 0 aromatic heterocycles. The van der Waals surface area contributed by atoms with E-state index in [2.05, 4.69) is 10.6 Å². The van der Waals surface area contributed by atoms with Crippen LogP contribution < -0.4 is 10.6 Å². The molecule has 3 aliphatic heterocycles. The minimum atomic E-state index is -1.95. The number of carbonyl (C=O) groups excluding carboxylic acids is 2. The van der Waals surface area contributed by atoms with Gasteiger partial charge in [0.15, 0.2) is 18.9 Å². The van der Waals surface area contributed by atoms with Gasteiger partial charge >= 0.3 is 0 Å². The molecule has 18 nitrogen and oxygen atoms in total. The summed E-state index contributed by atoms with van der Waals surface area (Å²) in [4.78, 5) is 23.3. The van der Waals surface area contributed by atoms with Crippen LogP contribution in [0.3, 0.4) is 0 Å². The molecule has 0 spiro atoms. The minimum Gasteiger partial charge on any atom is -0.394 e. The van der Waals surface area contributed by atoms with Crippen molar-refractivity contribution in [3.05, 3.63) is 0 Å². The van der Waals surface area contributed by atoms with Gasteiger partial charge in [-0.15, -0.1) is 0 Å². The highest BCUT2D eigenvalue weighted by molar-refractivity contribution is 5.73. The number of rotatable bonds is 9. The molecule has 11 N–H and O–H groups in total. The van der Waals surface area contributed by atoms with Crippen LogP contribution in [0.2, 0.25) is 0 Å². The Morgan fingerprint density at radius 2 is 1.10 bits per heavy atom. The Morgan fingerprint density at radius 1 is 0.600 bits per heavy atom. The molecule has 3 saturated heterocycles. The van der Waals surface area contributed by atoms with Gasteiger partial charge in [0.2, 0.25) is 11.8 Å². The molecule has 0 aromatic carbocycles. The topological polar surface area (TPSA) is 286 Å². The average molecular weight is 587 g/mol. The van der Waals surface area contributed by atoms with Gasteiger partial charge in [0.25, 0.3) is 0 Å². The summed E-state index contributed by atoms with van der Waals surface area (Å²) in [6, 6.07) is -2.80. The summed E-state index contributed by atoms with van der Waals surface area (Å²) >= 11 is 0. The molecular formula is C22H38N2O16. The lowest BCUT2D eigenvalue weighted by Crippen LogP contribution is -2.69. The van der Waals surface area contributed by atoms with Crippen LogP contribution in [0.4, 0.5) is 0 Å². The highest BCUT2D eigenvalue weighted by Gasteiger charge is 2.54. The number of aliphatic hydroxyl groups excluding tert-OH is 9. The third-order valence-electron chi connectivity index (χ3n) is 6.90. The molecular weight excluding hydrogens is 548 g/mol. The van der Waals surface area contributed by atoms with Crippen LogP contribution in [0.1, 0.15) is 13.8 Å². The van der Waals surface area contributed by atoms with Crippen molar-refractivity contribution in [1.82, 2.24) is 10.6 Å². The van der Waals surface area contributed by atoms with Gasteiger partial charge in [-0.3, -0.25) is 9.59 Å². The quantitative estimate of drug-likeness (QED) is 0.120. The largest absolute Gasteiger partial charge is 0.394 e. The van der Waals surface area contributed by atoms with Crippen LogP contribution in [0.5, 0.6) is 0 Å². The molecule has 0 bridgehead atoms. The molecule has 0 radical (unpaired) electrons. The number of carbonyl (C=O) groups is 2. The second-order valence-corrected chi connectivity index (χ2v) is 9.81. The van der Waals surface area contributed by atoms with Crippen molar-refractivity contribution in [2.75, 3.05) is 19.8 Å².